The van der Waals surface area contributed by atoms with Crippen molar-refractivity contribution < 1.29 is 22.7 Å². The van der Waals surface area contributed by atoms with Crippen LogP contribution in [0.15, 0.2) is 57.9 Å². The molecule has 1 N–H and O–H groups in total. The smallest absolute Gasteiger partial charge is 0.264 e. The van der Waals surface area contributed by atoms with E-state index in [4.69, 9.17) is 9.47 Å². The molecule has 2 aromatic carbocycles. The highest BCUT2D eigenvalue weighted by atomic mass is 79.9. The van der Waals surface area contributed by atoms with Crippen LogP contribution in [0.4, 0.5) is 5.69 Å². The number of nitrogens with zero attached hydrogens (tertiary/aromatic N) is 1. The van der Waals surface area contributed by atoms with Gasteiger partial charge in [0.15, 0.2) is 0 Å². The third-order valence-corrected chi connectivity index (χ3v) is 6.54. The number of nitrogens with one attached hydrogen (secondary N) is 1. The van der Waals surface area contributed by atoms with Gasteiger partial charge in [0.2, 0.25) is 5.91 Å². The normalized spacial score (nSPS) is 11.4. The van der Waals surface area contributed by atoms with Gasteiger partial charge < -0.3 is 14.8 Å². The minimum Gasteiger partial charge on any atom is -0.494 e. The van der Waals surface area contributed by atoms with Gasteiger partial charge in [0.1, 0.15) is 12.3 Å². The van der Waals surface area contributed by atoms with Gasteiger partial charge in [-0.2, -0.15) is 0 Å². The van der Waals surface area contributed by atoms with E-state index in [0.29, 0.717) is 37.6 Å². The molecule has 170 valence electrons. The highest BCUT2D eigenvalue weighted by molar-refractivity contribution is 9.10. The second kappa shape index (κ2) is 12.1. The third kappa shape index (κ3) is 7.83. The zero-order valence-corrected chi connectivity index (χ0v) is 20.4. The minimum atomic E-state index is -3.95. The molecule has 0 heterocycles. The highest BCUT2D eigenvalue weighted by Crippen LogP contribution is 2.26. The van der Waals surface area contributed by atoms with E-state index < -0.39 is 10.0 Å². The van der Waals surface area contributed by atoms with E-state index in [1.807, 2.05) is 20.8 Å². The number of halogens is 1. The van der Waals surface area contributed by atoms with Gasteiger partial charge in [0.25, 0.3) is 10.0 Å². The van der Waals surface area contributed by atoms with Crippen molar-refractivity contribution in [2.24, 2.45) is 0 Å². The highest BCUT2D eigenvalue weighted by Gasteiger charge is 2.27. The van der Waals surface area contributed by atoms with Crippen LogP contribution in [0.5, 0.6) is 5.75 Å². The van der Waals surface area contributed by atoms with Crippen LogP contribution in [0, 0.1) is 0 Å². The van der Waals surface area contributed by atoms with Gasteiger partial charge in [-0.3, -0.25) is 9.10 Å². The lowest BCUT2D eigenvalue weighted by molar-refractivity contribution is -0.119. The summed E-state index contributed by atoms with van der Waals surface area (Å²) >= 11 is 3.31. The van der Waals surface area contributed by atoms with Crippen LogP contribution in [0.2, 0.25) is 0 Å². The van der Waals surface area contributed by atoms with E-state index >= 15 is 0 Å². The first-order chi connectivity index (χ1) is 14.7. The maximum Gasteiger partial charge on any atom is 0.264 e. The molecule has 0 saturated heterocycles. The molecule has 0 spiro atoms. The standard InChI is InChI=1S/C22H29BrN2O5S/c1-4-29-20-10-8-19(9-11-20)25(16-22(26)24-14-5-15-30-17(2)3)31(27,28)21-12-6-18(23)7-13-21/h6-13,17H,4-5,14-16H2,1-3H3,(H,24,26). The molecule has 0 bridgehead atoms. The van der Waals surface area contributed by atoms with Crippen molar-refractivity contribution in [1.29, 1.82) is 0 Å². The van der Waals surface area contributed by atoms with Crippen molar-refractivity contribution in [1.82, 2.24) is 5.32 Å². The largest absolute Gasteiger partial charge is 0.494 e. The van der Waals surface area contributed by atoms with Crippen LogP contribution in [-0.4, -0.2) is 46.7 Å². The van der Waals surface area contributed by atoms with Crippen LogP contribution >= 0.6 is 15.9 Å². The fourth-order valence-electron chi connectivity index (χ4n) is 2.73. The lowest BCUT2D eigenvalue weighted by Gasteiger charge is -2.24. The molecule has 0 aliphatic carbocycles. The SMILES string of the molecule is CCOc1ccc(N(CC(=O)NCCCOC(C)C)S(=O)(=O)c2ccc(Br)cc2)cc1. The Labute approximate surface area is 192 Å². The van der Waals surface area contributed by atoms with Crippen molar-refractivity contribution in [3.8, 4) is 5.75 Å². The Morgan fingerprint density at radius 1 is 1.10 bits per heavy atom. The molecule has 0 aliphatic heterocycles. The fraction of sp³-hybridized carbons (Fsp3) is 0.409. The van der Waals surface area contributed by atoms with Gasteiger partial charge >= 0.3 is 0 Å². The number of carbonyl (C=O) groups is 1. The van der Waals surface area contributed by atoms with Crippen molar-refractivity contribution >= 4 is 37.5 Å². The molecular formula is C22H29BrN2O5S. The summed E-state index contributed by atoms with van der Waals surface area (Å²) in [5, 5.41) is 2.76. The number of benzene rings is 2. The van der Waals surface area contributed by atoms with Gasteiger partial charge in [-0.15, -0.1) is 0 Å². The van der Waals surface area contributed by atoms with Crippen LogP contribution in [0.25, 0.3) is 0 Å². The van der Waals surface area contributed by atoms with E-state index in [1.165, 1.54) is 12.1 Å². The Morgan fingerprint density at radius 2 is 1.74 bits per heavy atom. The van der Waals surface area contributed by atoms with Crippen LogP contribution < -0.4 is 14.4 Å². The van der Waals surface area contributed by atoms with Gasteiger partial charge in [0.05, 0.1) is 23.3 Å². The predicted molar refractivity (Wildman–Crippen MR) is 125 cm³/mol. The quantitative estimate of drug-likeness (QED) is 0.434. The summed E-state index contributed by atoms with van der Waals surface area (Å²) in [5.41, 5.74) is 0.379. The Morgan fingerprint density at radius 3 is 2.32 bits per heavy atom. The van der Waals surface area contributed by atoms with Crippen LogP contribution in [0.1, 0.15) is 27.2 Å². The summed E-state index contributed by atoms with van der Waals surface area (Å²) in [6.45, 7) is 6.86. The first-order valence-electron chi connectivity index (χ1n) is 10.1. The number of hydrogen-bond donors (Lipinski definition) is 1. The number of sulfonamides is 1. The first-order valence-corrected chi connectivity index (χ1v) is 12.4. The van der Waals surface area contributed by atoms with Gasteiger partial charge in [-0.1, -0.05) is 15.9 Å². The molecule has 9 heteroatoms. The lowest BCUT2D eigenvalue weighted by atomic mass is 10.3. The maximum absolute atomic E-state index is 13.3. The molecule has 0 radical (unpaired) electrons. The molecule has 2 aromatic rings. The summed E-state index contributed by atoms with van der Waals surface area (Å²) < 4.78 is 39.4. The van der Waals surface area contributed by atoms with E-state index in [0.717, 1.165) is 8.78 Å². The van der Waals surface area contributed by atoms with Crippen molar-refractivity contribution in [2.45, 2.75) is 38.2 Å². The molecule has 0 aromatic heterocycles. The molecule has 0 saturated carbocycles. The Bertz CT molecular complexity index is 931. The van der Waals surface area contributed by atoms with E-state index in [-0.39, 0.29) is 23.5 Å². The van der Waals surface area contributed by atoms with Crippen molar-refractivity contribution in [2.75, 3.05) is 30.6 Å². The average molecular weight is 513 g/mol. The molecule has 1 amide bonds. The summed E-state index contributed by atoms with van der Waals surface area (Å²) in [6.07, 6.45) is 0.772. The van der Waals surface area contributed by atoms with Gasteiger partial charge in [0, 0.05) is 17.6 Å². The number of amides is 1. The van der Waals surface area contributed by atoms with Crippen LogP contribution in [-0.2, 0) is 19.6 Å². The summed E-state index contributed by atoms with van der Waals surface area (Å²) in [5.74, 6) is 0.237. The molecule has 2 rings (SSSR count). The lowest BCUT2D eigenvalue weighted by Crippen LogP contribution is -2.41. The van der Waals surface area contributed by atoms with Gasteiger partial charge in [-0.05, 0) is 75.7 Å². The zero-order valence-electron chi connectivity index (χ0n) is 18.0. The molecule has 0 aliphatic rings. The molecule has 0 unspecified atom stereocenters. The minimum absolute atomic E-state index is 0.0997. The van der Waals surface area contributed by atoms with Crippen molar-refractivity contribution in [3.05, 3.63) is 53.0 Å². The Balaban J connectivity index is 2.19. The number of carbonyl (C=O) groups excluding carboxylic acids is 1. The molecule has 7 nitrogen and oxygen atoms in total. The fourth-order valence-corrected chi connectivity index (χ4v) is 4.41. The molecule has 0 atom stereocenters. The number of anilines is 1. The maximum atomic E-state index is 13.3. The zero-order chi connectivity index (χ0) is 22.9. The van der Waals surface area contributed by atoms with E-state index in [2.05, 4.69) is 21.2 Å². The molecule has 0 fully saturated rings. The summed E-state index contributed by atoms with van der Waals surface area (Å²) in [4.78, 5) is 12.6. The number of hydrogen-bond acceptors (Lipinski definition) is 5. The van der Waals surface area contributed by atoms with E-state index in [1.54, 1.807) is 36.4 Å². The van der Waals surface area contributed by atoms with Crippen LogP contribution in [0.3, 0.4) is 0 Å². The Kier molecular flexibility index (Phi) is 9.80. The molecular weight excluding hydrogens is 484 g/mol. The first kappa shape index (κ1) is 25.2. The second-order valence-corrected chi connectivity index (χ2v) is 9.79. The van der Waals surface area contributed by atoms with Crippen molar-refractivity contribution in [3.63, 3.8) is 0 Å². The molecule has 31 heavy (non-hydrogen) atoms. The van der Waals surface area contributed by atoms with E-state index in [9.17, 15) is 13.2 Å². The number of ether oxygens (including phenoxy) is 2. The van der Waals surface area contributed by atoms with Gasteiger partial charge in [-0.25, -0.2) is 8.42 Å². The monoisotopic (exact) mass is 512 g/mol. The number of rotatable bonds is 12. The summed E-state index contributed by atoms with van der Waals surface area (Å²) in [7, 11) is -3.95. The average Bonchev–Trinajstić information content (AvgIpc) is 2.73. The summed E-state index contributed by atoms with van der Waals surface area (Å²) in [6, 6.07) is 12.9. The third-order valence-electron chi connectivity index (χ3n) is 4.22. The Hall–Kier alpha value is -2.10. The predicted octanol–water partition coefficient (Wildman–Crippen LogP) is 3.97. The topological polar surface area (TPSA) is 84.9 Å². The second-order valence-electron chi connectivity index (χ2n) is 7.02.